The molecule has 0 spiro atoms. The number of hydrogen-bond acceptors (Lipinski definition) is 3. The average Bonchev–Trinajstić information content (AvgIpc) is 3.15. The normalized spacial score (nSPS) is 14.7. The van der Waals surface area contributed by atoms with Gasteiger partial charge in [0.25, 0.3) is 0 Å². The zero-order chi connectivity index (χ0) is 13.6. The van der Waals surface area contributed by atoms with Crippen LogP contribution >= 0.6 is 22.6 Å². The summed E-state index contributed by atoms with van der Waals surface area (Å²) in [5, 5.41) is 0. The summed E-state index contributed by atoms with van der Waals surface area (Å²) >= 11 is 2.26. The molecule has 0 atom stereocenters. The van der Waals surface area contributed by atoms with Crippen molar-refractivity contribution in [1.29, 1.82) is 0 Å². The summed E-state index contributed by atoms with van der Waals surface area (Å²) in [4.78, 5) is 9.20. The lowest BCUT2D eigenvalue weighted by molar-refractivity contribution is 0.982. The maximum absolute atomic E-state index is 6.04. The van der Waals surface area contributed by atoms with E-state index in [4.69, 9.17) is 10.7 Å². The Morgan fingerprint density at radius 2 is 1.74 bits per heavy atom. The summed E-state index contributed by atoms with van der Waals surface area (Å²) in [7, 11) is 0. The van der Waals surface area contributed by atoms with Crippen LogP contribution in [0.3, 0.4) is 0 Å². The van der Waals surface area contributed by atoms with Crippen molar-refractivity contribution in [3.8, 4) is 11.4 Å². The van der Waals surface area contributed by atoms with E-state index >= 15 is 0 Å². The third-order valence-electron chi connectivity index (χ3n) is 3.35. The van der Waals surface area contributed by atoms with Gasteiger partial charge in [-0.1, -0.05) is 17.2 Å². The van der Waals surface area contributed by atoms with E-state index < -0.39 is 0 Å². The minimum Gasteiger partial charge on any atom is -0.383 e. The second-order valence-corrected chi connectivity index (χ2v) is 6.36. The molecular formula is C15H16IN3. The lowest BCUT2D eigenvalue weighted by Crippen LogP contribution is -2.04. The largest absolute Gasteiger partial charge is 0.383 e. The Kier molecular flexibility index (Phi) is 3.20. The molecule has 2 aromatic rings. The predicted molar refractivity (Wildman–Crippen MR) is 86.0 cm³/mol. The lowest BCUT2D eigenvalue weighted by Gasteiger charge is -2.09. The standard InChI is InChI=1S/C15H16IN3/c1-8-5-9(2)7-11(6-8)15-18-13(10-3-4-10)12(16)14(17)19-15/h5-7,10H,3-4H2,1-2H3,(H2,17,18,19). The summed E-state index contributed by atoms with van der Waals surface area (Å²) in [5.74, 6) is 1.94. The number of benzene rings is 1. The number of hydrogen-bond donors (Lipinski definition) is 1. The van der Waals surface area contributed by atoms with Gasteiger partial charge in [-0.25, -0.2) is 9.97 Å². The fourth-order valence-corrected chi connectivity index (χ4v) is 3.02. The van der Waals surface area contributed by atoms with Gasteiger partial charge in [-0.15, -0.1) is 0 Å². The monoisotopic (exact) mass is 365 g/mol. The Bertz CT molecular complexity index is 628. The van der Waals surface area contributed by atoms with Crippen LogP contribution < -0.4 is 5.73 Å². The maximum Gasteiger partial charge on any atom is 0.161 e. The van der Waals surface area contributed by atoms with Gasteiger partial charge in [0.2, 0.25) is 0 Å². The van der Waals surface area contributed by atoms with Crippen molar-refractivity contribution >= 4 is 28.4 Å². The van der Waals surface area contributed by atoms with E-state index in [-0.39, 0.29) is 0 Å². The molecule has 3 rings (SSSR count). The molecule has 0 unspecified atom stereocenters. The van der Waals surface area contributed by atoms with Gasteiger partial charge in [0.15, 0.2) is 5.82 Å². The molecule has 1 aromatic carbocycles. The fourth-order valence-electron chi connectivity index (χ4n) is 2.34. The highest BCUT2D eigenvalue weighted by Crippen LogP contribution is 2.42. The highest BCUT2D eigenvalue weighted by atomic mass is 127. The van der Waals surface area contributed by atoms with Crippen LogP contribution in [0.5, 0.6) is 0 Å². The summed E-state index contributed by atoms with van der Waals surface area (Å²) in [5.41, 5.74) is 10.7. The molecule has 98 valence electrons. The number of nitrogens with zero attached hydrogens (tertiary/aromatic N) is 2. The lowest BCUT2D eigenvalue weighted by atomic mass is 10.1. The first-order valence-corrected chi connectivity index (χ1v) is 7.54. The molecular weight excluding hydrogens is 349 g/mol. The van der Waals surface area contributed by atoms with E-state index in [1.165, 1.54) is 24.0 Å². The number of aromatic nitrogens is 2. The van der Waals surface area contributed by atoms with Crippen LogP contribution in [0.15, 0.2) is 18.2 Å². The SMILES string of the molecule is Cc1cc(C)cc(-c2nc(N)c(I)c(C3CC3)n2)c1. The molecule has 0 aliphatic heterocycles. The van der Waals surface area contributed by atoms with E-state index in [0.717, 1.165) is 20.7 Å². The van der Waals surface area contributed by atoms with Crippen molar-refractivity contribution in [2.75, 3.05) is 5.73 Å². The molecule has 0 amide bonds. The summed E-state index contributed by atoms with van der Waals surface area (Å²) in [6, 6.07) is 6.39. The smallest absolute Gasteiger partial charge is 0.161 e. The molecule has 4 heteroatoms. The van der Waals surface area contributed by atoms with Crippen molar-refractivity contribution in [3.63, 3.8) is 0 Å². The first-order valence-electron chi connectivity index (χ1n) is 6.46. The first kappa shape index (κ1) is 12.8. The fraction of sp³-hybridized carbons (Fsp3) is 0.333. The van der Waals surface area contributed by atoms with Gasteiger partial charge in [0.1, 0.15) is 5.82 Å². The van der Waals surface area contributed by atoms with Crippen LogP contribution in [0.2, 0.25) is 0 Å². The summed E-state index contributed by atoms with van der Waals surface area (Å²) in [6.07, 6.45) is 2.44. The van der Waals surface area contributed by atoms with Gasteiger partial charge in [-0.3, -0.25) is 0 Å². The number of nitrogen functional groups attached to an aromatic ring is 1. The third-order valence-corrected chi connectivity index (χ3v) is 4.45. The Labute approximate surface area is 126 Å². The summed E-state index contributed by atoms with van der Waals surface area (Å²) < 4.78 is 1.02. The van der Waals surface area contributed by atoms with Gasteiger partial charge in [-0.2, -0.15) is 0 Å². The molecule has 19 heavy (non-hydrogen) atoms. The summed E-state index contributed by atoms with van der Waals surface area (Å²) in [6.45, 7) is 4.18. The van der Waals surface area contributed by atoms with Gasteiger partial charge in [0.05, 0.1) is 9.26 Å². The average molecular weight is 365 g/mol. The van der Waals surface area contributed by atoms with Crippen molar-refractivity contribution in [1.82, 2.24) is 9.97 Å². The minimum atomic E-state index is 0.585. The van der Waals surface area contributed by atoms with E-state index in [2.05, 4.69) is 59.6 Å². The van der Waals surface area contributed by atoms with Crippen molar-refractivity contribution in [2.24, 2.45) is 0 Å². The second kappa shape index (κ2) is 4.74. The zero-order valence-corrected chi connectivity index (χ0v) is 13.2. The van der Waals surface area contributed by atoms with E-state index in [1.807, 2.05) is 0 Å². The number of rotatable bonds is 2. The number of nitrogens with two attached hydrogens (primary N) is 1. The Hall–Kier alpha value is -1.17. The molecule has 1 heterocycles. The van der Waals surface area contributed by atoms with Gasteiger partial charge < -0.3 is 5.73 Å². The number of anilines is 1. The first-order chi connectivity index (χ1) is 9.04. The molecule has 2 N–H and O–H groups in total. The quantitative estimate of drug-likeness (QED) is 0.824. The minimum absolute atomic E-state index is 0.585. The highest BCUT2D eigenvalue weighted by Gasteiger charge is 2.29. The van der Waals surface area contributed by atoms with Gasteiger partial charge >= 0.3 is 0 Å². The van der Waals surface area contributed by atoms with Crippen LogP contribution in [0.4, 0.5) is 5.82 Å². The Balaban J connectivity index is 2.14. The van der Waals surface area contributed by atoms with Crippen LogP contribution in [0.1, 0.15) is 35.6 Å². The molecule has 0 bridgehead atoms. The third kappa shape index (κ3) is 2.59. The van der Waals surface area contributed by atoms with Crippen LogP contribution in [-0.4, -0.2) is 9.97 Å². The molecule has 1 aliphatic rings. The molecule has 1 aliphatic carbocycles. The Morgan fingerprint density at radius 3 is 2.32 bits per heavy atom. The van der Waals surface area contributed by atoms with Crippen molar-refractivity contribution in [3.05, 3.63) is 38.6 Å². The van der Waals surface area contributed by atoms with Crippen molar-refractivity contribution in [2.45, 2.75) is 32.6 Å². The van der Waals surface area contributed by atoms with E-state index in [1.54, 1.807) is 0 Å². The highest BCUT2D eigenvalue weighted by molar-refractivity contribution is 14.1. The zero-order valence-electron chi connectivity index (χ0n) is 11.1. The molecule has 0 saturated heterocycles. The molecule has 3 nitrogen and oxygen atoms in total. The Morgan fingerprint density at radius 1 is 1.11 bits per heavy atom. The number of aryl methyl sites for hydroxylation is 2. The van der Waals surface area contributed by atoms with Crippen molar-refractivity contribution < 1.29 is 0 Å². The number of halogens is 1. The molecule has 1 fully saturated rings. The van der Waals surface area contributed by atoms with E-state index in [9.17, 15) is 0 Å². The molecule has 0 radical (unpaired) electrons. The van der Waals surface area contributed by atoms with E-state index in [0.29, 0.717) is 11.7 Å². The topological polar surface area (TPSA) is 51.8 Å². The van der Waals surface area contributed by atoms with Gasteiger partial charge in [-0.05, 0) is 61.4 Å². The van der Waals surface area contributed by atoms with Crippen LogP contribution in [0.25, 0.3) is 11.4 Å². The molecule has 1 saturated carbocycles. The van der Waals surface area contributed by atoms with Gasteiger partial charge in [0, 0.05) is 11.5 Å². The van der Waals surface area contributed by atoms with Crippen LogP contribution in [-0.2, 0) is 0 Å². The second-order valence-electron chi connectivity index (χ2n) is 5.28. The molecule has 1 aromatic heterocycles. The predicted octanol–water partition coefficient (Wildman–Crippen LogP) is 3.82. The maximum atomic E-state index is 6.04. The van der Waals surface area contributed by atoms with Crippen LogP contribution in [0, 0.1) is 17.4 Å².